The maximum Gasteiger partial charge on any atom is 0.332 e. The van der Waals surface area contributed by atoms with Crippen molar-refractivity contribution in [2.24, 2.45) is 14.1 Å². The Labute approximate surface area is 188 Å². The van der Waals surface area contributed by atoms with Crippen molar-refractivity contribution in [3.05, 3.63) is 62.3 Å². The maximum atomic E-state index is 13.0. The van der Waals surface area contributed by atoms with Gasteiger partial charge in [0.05, 0.1) is 5.75 Å². The predicted molar refractivity (Wildman–Crippen MR) is 123 cm³/mol. The first kappa shape index (κ1) is 23.6. The van der Waals surface area contributed by atoms with Crippen LogP contribution in [0.3, 0.4) is 0 Å². The van der Waals surface area contributed by atoms with Crippen molar-refractivity contribution in [1.29, 1.82) is 0 Å². The minimum Gasteiger partial charge on any atom is -0.355 e. The quantitative estimate of drug-likeness (QED) is 0.447. The summed E-state index contributed by atoms with van der Waals surface area (Å²) in [6, 6.07) is 6.12. The molecule has 0 aliphatic heterocycles. The highest BCUT2D eigenvalue weighted by atomic mass is 32.2. The van der Waals surface area contributed by atoms with Gasteiger partial charge in [-0.05, 0) is 24.1 Å². The summed E-state index contributed by atoms with van der Waals surface area (Å²) in [7, 11) is 2.96. The van der Waals surface area contributed by atoms with Gasteiger partial charge in [-0.2, -0.15) is 0 Å². The van der Waals surface area contributed by atoms with Crippen LogP contribution in [0.5, 0.6) is 0 Å². The first-order chi connectivity index (χ1) is 15.0. The van der Waals surface area contributed by atoms with E-state index >= 15 is 0 Å². The SMILES string of the molecule is Cn1c(=O)c2c(SCC(=O)NCCc3ccc(F)cc3)nc(C(C)(C)C)nc2n(C)c1=O. The fourth-order valence-electron chi connectivity index (χ4n) is 3.05. The average molecular weight is 460 g/mol. The van der Waals surface area contributed by atoms with Crippen LogP contribution in [0, 0.1) is 5.82 Å². The van der Waals surface area contributed by atoms with Gasteiger partial charge in [0.1, 0.15) is 22.1 Å². The van der Waals surface area contributed by atoms with E-state index in [1.807, 2.05) is 20.8 Å². The van der Waals surface area contributed by atoms with Crippen LogP contribution >= 0.6 is 11.8 Å². The molecule has 3 aromatic rings. The molecule has 0 atom stereocenters. The highest BCUT2D eigenvalue weighted by molar-refractivity contribution is 8.00. The summed E-state index contributed by atoms with van der Waals surface area (Å²) >= 11 is 1.13. The van der Waals surface area contributed by atoms with Crippen LogP contribution in [0.2, 0.25) is 0 Å². The summed E-state index contributed by atoms with van der Waals surface area (Å²) in [5.41, 5.74) is -0.228. The predicted octanol–water partition coefficient (Wildman–Crippen LogP) is 1.91. The zero-order valence-electron chi connectivity index (χ0n) is 18.7. The van der Waals surface area contributed by atoms with Crippen LogP contribution in [-0.2, 0) is 30.7 Å². The highest BCUT2D eigenvalue weighted by Crippen LogP contribution is 2.26. The Hall–Kier alpha value is -3.01. The van der Waals surface area contributed by atoms with Gasteiger partial charge in [-0.1, -0.05) is 44.7 Å². The Kier molecular flexibility index (Phi) is 6.82. The minimum absolute atomic E-state index is 0.0467. The molecule has 0 bridgehead atoms. The molecule has 1 aromatic carbocycles. The van der Waals surface area contributed by atoms with Gasteiger partial charge in [-0.25, -0.2) is 19.2 Å². The molecule has 0 saturated carbocycles. The van der Waals surface area contributed by atoms with Crippen LogP contribution in [-0.4, -0.2) is 37.3 Å². The largest absolute Gasteiger partial charge is 0.355 e. The van der Waals surface area contributed by atoms with Crippen LogP contribution in [0.15, 0.2) is 38.9 Å². The van der Waals surface area contributed by atoms with E-state index < -0.39 is 16.7 Å². The fourth-order valence-corrected chi connectivity index (χ4v) is 3.89. The molecule has 1 amide bonds. The first-order valence-corrected chi connectivity index (χ1v) is 11.1. The smallest absolute Gasteiger partial charge is 0.332 e. The molecule has 0 radical (unpaired) electrons. The lowest BCUT2D eigenvalue weighted by Gasteiger charge is -2.19. The van der Waals surface area contributed by atoms with Gasteiger partial charge in [0.15, 0.2) is 5.65 Å². The van der Waals surface area contributed by atoms with Crippen LogP contribution in [0.25, 0.3) is 11.0 Å². The van der Waals surface area contributed by atoms with Gasteiger partial charge >= 0.3 is 5.69 Å². The molecular formula is C22H26FN5O3S. The van der Waals surface area contributed by atoms with Gasteiger partial charge in [-0.3, -0.25) is 18.7 Å². The number of carbonyl (C=O) groups excluding carboxylic acids is 1. The first-order valence-electron chi connectivity index (χ1n) is 10.1. The van der Waals surface area contributed by atoms with Gasteiger partial charge in [0.2, 0.25) is 5.91 Å². The molecule has 170 valence electrons. The number of aromatic nitrogens is 4. The van der Waals surface area contributed by atoms with E-state index in [0.29, 0.717) is 23.8 Å². The van der Waals surface area contributed by atoms with E-state index in [1.165, 1.54) is 23.7 Å². The highest BCUT2D eigenvalue weighted by Gasteiger charge is 2.24. The number of rotatable bonds is 6. The van der Waals surface area contributed by atoms with Gasteiger partial charge in [0, 0.05) is 26.1 Å². The Bertz CT molecular complexity index is 1280. The molecule has 32 heavy (non-hydrogen) atoms. The van der Waals surface area contributed by atoms with Crippen LogP contribution < -0.4 is 16.6 Å². The molecule has 0 spiro atoms. The van der Waals surface area contributed by atoms with Crippen molar-refractivity contribution in [1.82, 2.24) is 24.4 Å². The molecule has 2 heterocycles. The lowest BCUT2D eigenvalue weighted by molar-refractivity contribution is -0.118. The summed E-state index contributed by atoms with van der Waals surface area (Å²) in [6.07, 6.45) is 0.573. The molecule has 0 aliphatic rings. The molecule has 0 aliphatic carbocycles. The molecule has 0 unspecified atom stereocenters. The van der Waals surface area contributed by atoms with E-state index in [0.717, 1.165) is 21.9 Å². The topological polar surface area (TPSA) is 98.9 Å². The third-order valence-electron chi connectivity index (χ3n) is 4.93. The summed E-state index contributed by atoms with van der Waals surface area (Å²) < 4.78 is 15.3. The molecule has 0 fully saturated rings. The molecule has 0 saturated heterocycles. The monoisotopic (exact) mass is 459 g/mol. The van der Waals surface area contributed by atoms with Crippen molar-refractivity contribution in [3.8, 4) is 0 Å². The number of amides is 1. The van der Waals surface area contributed by atoms with Crippen LogP contribution in [0.1, 0.15) is 32.2 Å². The van der Waals surface area contributed by atoms with E-state index in [-0.39, 0.29) is 28.5 Å². The van der Waals surface area contributed by atoms with E-state index in [1.54, 1.807) is 19.2 Å². The summed E-state index contributed by atoms with van der Waals surface area (Å²) in [4.78, 5) is 46.6. The second-order valence-corrected chi connectivity index (χ2v) is 9.49. The van der Waals surface area contributed by atoms with Crippen molar-refractivity contribution in [2.75, 3.05) is 12.3 Å². The zero-order chi connectivity index (χ0) is 23.6. The Morgan fingerprint density at radius 1 is 1.09 bits per heavy atom. The number of benzene rings is 1. The van der Waals surface area contributed by atoms with Gasteiger partial charge < -0.3 is 5.32 Å². The number of fused-ring (bicyclic) bond motifs is 1. The maximum absolute atomic E-state index is 13.0. The lowest BCUT2D eigenvalue weighted by Crippen LogP contribution is -2.38. The van der Waals surface area contributed by atoms with Crippen LogP contribution in [0.4, 0.5) is 4.39 Å². The van der Waals surface area contributed by atoms with Crippen molar-refractivity contribution < 1.29 is 9.18 Å². The Balaban J connectivity index is 1.82. The zero-order valence-corrected chi connectivity index (χ0v) is 19.5. The van der Waals surface area contributed by atoms with E-state index in [2.05, 4.69) is 15.3 Å². The van der Waals surface area contributed by atoms with Gasteiger partial charge in [-0.15, -0.1) is 0 Å². The number of thioether (sulfide) groups is 1. The summed E-state index contributed by atoms with van der Waals surface area (Å²) in [6.45, 7) is 6.21. The number of halogens is 1. The van der Waals surface area contributed by atoms with E-state index in [4.69, 9.17) is 0 Å². The number of carbonyl (C=O) groups is 1. The second-order valence-electron chi connectivity index (χ2n) is 8.52. The van der Waals surface area contributed by atoms with Crippen molar-refractivity contribution in [2.45, 2.75) is 37.6 Å². The fraction of sp³-hybridized carbons (Fsp3) is 0.409. The number of nitrogens with zero attached hydrogens (tertiary/aromatic N) is 4. The molecule has 10 heteroatoms. The van der Waals surface area contributed by atoms with E-state index in [9.17, 15) is 18.8 Å². The van der Waals surface area contributed by atoms with Crippen molar-refractivity contribution in [3.63, 3.8) is 0 Å². The third-order valence-corrected chi connectivity index (χ3v) is 5.90. The molecule has 8 nitrogen and oxygen atoms in total. The third kappa shape index (κ3) is 5.07. The molecule has 2 aromatic heterocycles. The minimum atomic E-state index is -0.497. The molecular weight excluding hydrogens is 433 g/mol. The number of aryl methyl sites for hydroxylation is 1. The average Bonchev–Trinajstić information content (AvgIpc) is 2.74. The Morgan fingerprint density at radius 3 is 2.38 bits per heavy atom. The number of hydrogen-bond acceptors (Lipinski definition) is 6. The Morgan fingerprint density at radius 2 is 1.75 bits per heavy atom. The number of nitrogens with one attached hydrogen (secondary N) is 1. The standard InChI is InChI=1S/C22H26FN5O3S/c1-22(2,3)20-25-17-16(19(30)28(5)21(31)27(17)4)18(26-20)32-12-15(29)24-11-10-13-6-8-14(23)9-7-13/h6-9H,10-12H2,1-5H3,(H,24,29). The number of hydrogen-bond donors (Lipinski definition) is 1. The normalized spacial score (nSPS) is 11.7. The summed E-state index contributed by atoms with van der Waals surface area (Å²) in [5, 5.41) is 3.40. The molecule has 3 rings (SSSR count). The van der Waals surface area contributed by atoms with Crippen molar-refractivity contribution >= 4 is 28.7 Å². The lowest BCUT2D eigenvalue weighted by atomic mass is 9.96. The second kappa shape index (κ2) is 9.23. The summed E-state index contributed by atoms with van der Waals surface area (Å²) in [5.74, 6) is 0.00491. The van der Waals surface area contributed by atoms with Gasteiger partial charge in [0.25, 0.3) is 5.56 Å². The molecule has 1 N–H and O–H groups in total.